The number of benzene rings is 2. The SMILES string of the molecule is O=C1NC(=O)C(O)(CC(=O)c2ccc(-c3cccc(Cl)c3)cc2)C(=O)N1. The second kappa shape index (κ2) is 6.70. The van der Waals surface area contributed by atoms with Gasteiger partial charge in [-0.1, -0.05) is 48.0 Å². The van der Waals surface area contributed by atoms with Gasteiger partial charge in [0.2, 0.25) is 5.60 Å². The summed E-state index contributed by atoms with van der Waals surface area (Å²) in [5, 5.41) is 14.3. The number of rotatable bonds is 4. The van der Waals surface area contributed by atoms with Crippen molar-refractivity contribution >= 4 is 35.2 Å². The molecule has 0 aliphatic carbocycles. The van der Waals surface area contributed by atoms with Crippen molar-refractivity contribution < 1.29 is 24.3 Å². The fraction of sp³-hybridized carbons (Fsp3) is 0.111. The van der Waals surface area contributed by atoms with Crippen molar-refractivity contribution in [3.63, 3.8) is 0 Å². The number of urea groups is 1. The smallest absolute Gasteiger partial charge is 0.328 e. The predicted octanol–water partition coefficient (Wildman–Crippen LogP) is 1.68. The summed E-state index contributed by atoms with van der Waals surface area (Å²) in [6, 6.07) is 12.6. The Balaban J connectivity index is 1.79. The van der Waals surface area contributed by atoms with Gasteiger partial charge in [-0.05, 0) is 23.3 Å². The van der Waals surface area contributed by atoms with Crippen molar-refractivity contribution in [2.24, 2.45) is 0 Å². The summed E-state index contributed by atoms with van der Waals surface area (Å²) >= 11 is 5.96. The molecule has 1 heterocycles. The highest BCUT2D eigenvalue weighted by molar-refractivity contribution is 6.30. The molecule has 0 radical (unpaired) electrons. The fourth-order valence-electron chi connectivity index (χ4n) is 2.56. The maximum atomic E-state index is 12.4. The average Bonchev–Trinajstić information content (AvgIpc) is 2.60. The van der Waals surface area contributed by atoms with Crippen LogP contribution in [0.15, 0.2) is 48.5 Å². The number of Topliss-reactive ketones (excluding diaryl/α,β-unsaturated/α-hetero) is 1. The van der Waals surface area contributed by atoms with Crippen LogP contribution in [0.4, 0.5) is 4.79 Å². The van der Waals surface area contributed by atoms with Crippen LogP contribution in [-0.4, -0.2) is 34.3 Å². The quantitative estimate of drug-likeness (QED) is 0.558. The second-order valence-electron chi connectivity index (χ2n) is 5.79. The molecule has 1 saturated heterocycles. The van der Waals surface area contributed by atoms with Crippen LogP contribution in [0.3, 0.4) is 0 Å². The average molecular weight is 373 g/mol. The lowest BCUT2D eigenvalue weighted by atomic mass is 9.90. The zero-order valence-electron chi connectivity index (χ0n) is 13.3. The Kier molecular flexibility index (Phi) is 4.58. The lowest BCUT2D eigenvalue weighted by molar-refractivity contribution is -0.154. The summed E-state index contributed by atoms with van der Waals surface area (Å²) in [6.45, 7) is 0. The highest BCUT2D eigenvalue weighted by Gasteiger charge is 2.50. The van der Waals surface area contributed by atoms with E-state index in [0.717, 1.165) is 11.1 Å². The van der Waals surface area contributed by atoms with Gasteiger partial charge in [-0.2, -0.15) is 0 Å². The standard InChI is InChI=1S/C18H13ClN2O5/c19-13-3-1-2-12(8-13)10-4-6-11(7-5-10)14(22)9-18(26)15(23)20-17(25)21-16(18)24/h1-8,26H,9H2,(H2,20,21,23,24,25). The van der Waals surface area contributed by atoms with Gasteiger partial charge in [0.15, 0.2) is 5.78 Å². The summed E-state index contributed by atoms with van der Waals surface area (Å²) in [4.78, 5) is 47.0. The Labute approximate surface area is 153 Å². The number of hydrogen-bond acceptors (Lipinski definition) is 5. The molecule has 2 aromatic carbocycles. The Bertz CT molecular complexity index is 903. The predicted molar refractivity (Wildman–Crippen MR) is 92.5 cm³/mol. The number of carbonyl (C=O) groups excluding carboxylic acids is 4. The van der Waals surface area contributed by atoms with Gasteiger partial charge >= 0.3 is 6.03 Å². The molecule has 3 rings (SSSR count). The van der Waals surface area contributed by atoms with E-state index in [0.29, 0.717) is 5.02 Å². The molecule has 1 aliphatic rings. The summed E-state index contributed by atoms with van der Waals surface area (Å²) in [7, 11) is 0. The summed E-state index contributed by atoms with van der Waals surface area (Å²) in [6.07, 6.45) is -0.783. The Morgan fingerprint density at radius 3 is 2.15 bits per heavy atom. The highest BCUT2D eigenvalue weighted by Crippen LogP contribution is 2.24. The highest BCUT2D eigenvalue weighted by atomic mass is 35.5. The monoisotopic (exact) mass is 372 g/mol. The lowest BCUT2D eigenvalue weighted by Gasteiger charge is -2.28. The maximum absolute atomic E-state index is 12.4. The third-order valence-corrected chi connectivity index (χ3v) is 4.22. The molecule has 1 fully saturated rings. The molecule has 0 unspecified atom stereocenters. The summed E-state index contributed by atoms with van der Waals surface area (Å²) < 4.78 is 0. The molecule has 3 N–H and O–H groups in total. The number of imide groups is 2. The first-order chi connectivity index (χ1) is 12.3. The number of hydrogen-bond donors (Lipinski definition) is 3. The normalized spacial score (nSPS) is 16.0. The summed E-state index contributed by atoms with van der Waals surface area (Å²) in [5.74, 6) is -3.07. The van der Waals surface area contributed by atoms with Crippen molar-refractivity contribution in [1.82, 2.24) is 10.6 Å². The zero-order valence-corrected chi connectivity index (χ0v) is 14.0. The molecule has 4 amide bonds. The van der Waals surface area contributed by atoms with E-state index in [4.69, 9.17) is 11.6 Å². The minimum absolute atomic E-state index is 0.210. The number of carbonyl (C=O) groups is 4. The van der Waals surface area contributed by atoms with E-state index >= 15 is 0 Å². The Morgan fingerprint density at radius 2 is 1.58 bits per heavy atom. The molecule has 0 saturated carbocycles. The molecular formula is C18H13ClN2O5. The number of halogens is 1. The number of barbiturate groups is 1. The second-order valence-corrected chi connectivity index (χ2v) is 6.22. The van der Waals surface area contributed by atoms with Crippen LogP contribution in [0.2, 0.25) is 5.02 Å². The van der Waals surface area contributed by atoms with Crippen LogP contribution >= 0.6 is 11.6 Å². The van der Waals surface area contributed by atoms with Gasteiger partial charge in [-0.3, -0.25) is 25.0 Å². The molecule has 0 atom stereocenters. The molecule has 7 nitrogen and oxygen atoms in total. The van der Waals surface area contributed by atoms with E-state index in [1.165, 1.54) is 12.1 Å². The van der Waals surface area contributed by atoms with Crippen LogP contribution in [0, 0.1) is 0 Å². The van der Waals surface area contributed by atoms with E-state index in [9.17, 15) is 24.3 Å². The minimum atomic E-state index is -2.63. The van der Waals surface area contributed by atoms with Crippen LogP contribution in [-0.2, 0) is 9.59 Å². The van der Waals surface area contributed by atoms with E-state index in [-0.39, 0.29) is 5.56 Å². The van der Waals surface area contributed by atoms with Gasteiger partial charge in [-0.25, -0.2) is 4.79 Å². The molecular weight excluding hydrogens is 360 g/mol. The third-order valence-electron chi connectivity index (χ3n) is 3.99. The van der Waals surface area contributed by atoms with Gasteiger partial charge < -0.3 is 5.11 Å². The molecule has 0 bridgehead atoms. The van der Waals surface area contributed by atoms with Crippen molar-refractivity contribution in [3.05, 3.63) is 59.1 Å². The van der Waals surface area contributed by atoms with Crippen molar-refractivity contribution in [1.29, 1.82) is 0 Å². The first-order valence-electron chi connectivity index (χ1n) is 7.58. The molecule has 1 aliphatic heterocycles. The van der Waals surface area contributed by atoms with Crippen LogP contribution in [0.1, 0.15) is 16.8 Å². The van der Waals surface area contributed by atoms with E-state index in [1.54, 1.807) is 41.0 Å². The van der Waals surface area contributed by atoms with Crippen molar-refractivity contribution in [2.45, 2.75) is 12.0 Å². The van der Waals surface area contributed by atoms with Gasteiger partial charge in [0.05, 0.1) is 6.42 Å². The number of amides is 4. The summed E-state index contributed by atoms with van der Waals surface area (Å²) in [5.41, 5.74) is -0.737. The number of nitrogens with one attached hydrogen (secondary N) is 2. The molecule has 26 heavy (non-hydrogen) atoms. The third kappa shape index (κ3) is 3.35. The lowest BCUT2D eigenvalue weighted by Crippen LogP contribution is -2.67. The van der Waals surface area contributed by atoms with Crippen LogP contribution in [0.25, 0.3) is 11.1 Å². The largest absolute Gasteiger partial charge is 0.371 e. The zero-order chi connectivity index (χ0) is 18.9. The van der Waals surface area contributed by atoms with E-state index in [1.807, 2.05) is 6.07 Å². The first-order valence-corrected chi connectivity index (χ1v) is 7.96. The van der Waals surface area contributed by atoms with Gasteiger partial charge in [-0.15, -0.1) is 0 Å². The molecule has 2 aromatic rings. The minimum Gasteiger partial charge on any atom is -0.371 e. The van der Waals surface area contributed by atoms with Gasteiger partial charge in [0, 0.05) is 10.6 Å². The first kappa shape index (κ1) is 17.8. The number of ketones is 1. The molecule has 8 heteroatoms. The fourth-order valence-corrected chi connectivity index (χ4v) is 2.75. The molecule has 0 spiro atoms. The molecule has 132 valence electrons. The topological polar surface area (TPSA) is 113 Å². The Morgan fingerprint density at radius 1 is 0.962 bits per heavy atom. The van der Waals surface area contributed by atoms with Crippen LogP contribution < -0.4 is 10.6 Å². The molecule has 0 aromatic heterocycles. The van der Waals surface area contributed by atoms with Gasteiger partial charge in [0.1, 0.15) is 0 Å². The van der Waals surface area contributed by atoms with Crippen molar-refractivity contribution in [3.8, 4) is 11.1 Å². The Hall–Kier alpha value is -3.03. The maximum Gasteiger partial charge on any atom is 0.328 e. The van der Waals surface area contributed by atoms with Crippen LogP contribution in [0.5, 0.6) is 0 Å². The van der Waals surface area contributed by atoms with E-state index < -0.39 is 35.7 Å². The van der Waals surface area contributed by atoms with Crippen molar-refractivity contribution in [2.75, 3.05) is 0 Å². The van der Waals surface area contributed by atoms with E-state index in [2.05, 4.69) is 0 Å². The number of aliphatic hydroxyl groups is 1. The van der Waals surface area contributed by atoms with Gasteiger partial charge in [0.25, 0.3) is 11.8 Å².